The quantitative estimate of drug-likeness (QED) is 0.900. The second-order valence-corrected chi connectivity index (χ2v) is 5.30. The maximum Gasteiger partial charge on any atom is 0.239 e. The highest BCUT2D eigenvalue weighted by Crippen LogP contribution is 2.10. The van der Waals surface area contributed by atoms with Crippen LogP contribution in [-0.2, 0) is 11.3 Å². The van der Waals surface area contributed by atoms with Crippen LogP contribution in [0.1, 0.15) is 37.4 Å². The topological polar surface area (TPSA) is 45.2 Å². The Hall–Kier alpha value is -1.42. The van der Waals surface area contributed by atoms with Gasteiger partial charge in [-0.05, 0) is 44.7 Å². The minimum Gasteiger partial charge on any atom is -0.341 e. The summed E-state index contributed by atoms with van der Waals surface area (Å²) in [7, 11) is 0. The number of aryl methyl sites for hydroxylation is 1. The van der Waals surface area contributed by atoms with Crippen molar-refractivity contribution in [2.75, 3.05) is 13.1 Å². The van der Waals surface area contributed by atoms with E-state index < -0.39 is 0 Å². The number of hydrogen-bond acceptors (Lipinski definition) is 3. The monoisotopic (exact) mass is 261 g/mol. The van der Waals surface area contributed by atoms with Crippen LogP contribution in [0.3, 0.4) is 0 Å². The number of likely N-dealkylation sites (tertiary alicyclic amines) is 1. The van der Waals surface area contributed by atoms with Crippen molar-refractivity contribution in [2.24, 2.45) is 0 Å². The summed E-state index contributed by atoms with van der Waals surface area (Å²) in [4.78, 5) is 18.5. The van der Waals surface area contributed by atoms with E-state index in [1.54, 1.807) is 0 Å². The molecule has 0 spiro atoms. The maximum absolute atomic E-state index is 12.2. The molecule has 0 bridgehead atoms. The van der Waals surface area contributed by atoms with Gasteiger partial charge in [0.25, 0.3) is 0 Å². The number of aromatic nitrogens is 1. The van der Waals surface area contributed by atoms with Gasteiger partial charge in [0, 0.05) is 31.5 Å². The van der Waals surface area contributed by atoms with E-state index in [2.05, 4.69) is 10.3 Å². The normalized spacial score (nSPS) is 17.3. The van der Waals surface area contributed by atoms with Crippen LogP contribution in [0.2, 0.25) is 0 Å². The van der Waals surface area contributed by atoms with E-state index in [0.717, 1.165) is 37.2 Å². The molecule has 0 aliphatic carbocycles. The largest absolute Gasteiger partial charge is 0.341 e. The first kappa shape index (κ1) is 14.0. The van der Waals surface area contributed by atoms with Gasteiger partial charge < -0.3 is 10.2 Å². The molecule has 0 aromatic carbocycles. The number of rotatable bonds is 4. The molecule has 4 heteroatoms. The molecular formula is C15H23N3O. The summed E-state index contributed by atoms with van der Waals surface area (Å²) in [6.45, 7) is 6.43. The summed E-state index contributed by atoms with van der Waals surface area (Å²) in [6.07, 6.45) is 5.39. The van der Waals surface area contributed by atoms with E-state index in [-0.39, 0.29) is 11.9 Å². The molecule has 1 amide bonds. The summed E-state index contributed by atoms with van der Waals surface area (Å²) < 4.78 is 0. The van der Waals surface area contributed by atoms with Crippen molar-refractivity contribution in [3.8, 4) is 0 Å². The Labute approximate surface area is 115 Å². The van der Waals surface area contributed by atoms with Gasteiger partial charge in [0.1, 0.15) is 0 Å². The zero-order valence-electron chi connectivity index (χ0n) is 11.9. The van der Waals surface area contributed by atoms with Crippen molar-refractivity contribution in [3.63, 3.8) is 0 Å². The summed E-state index contributed by atoms with van der Waals surface area (Å²) in [5.41, 5.74) is 2.13. The summed E-state index contributed by atoms with van der Waals surface area (Å²) in [6, 6.07) is 3.92. The van der Waals surface area contributed by atoms with Gasteiger partial charge in [-0.1, -0.05) is 6.07 Å². The molecule has 1 aliphatic rings. The van der Waals surface area contributed by atoms with Crippen LogP contribution < -0.4 is 5.32 Å². The minimum atomic E-state index is -0.126. The lowest BCUT2D eigenvalue weighted by Gasteiger charge is -2.29. The second-order valence-electron chi connectivity index (χ2n) is 5.30. The third-order valence-corrected chi connectivity index (χ3v) is 3.62. The highest BCUT2D eigenvalue weighted by atomic mass is 16.2. The Morgan fingerprint density at radius 2 is 2.11 bits per heavy atom. The van der Waals surface area contributed by atoms with Gasteiger partial charge in [-0.15, -0.1) is 0 Å². The fourth-order valence-electron chi connectivity index (χ4n) is 2.35. The van der Waals surface area contributed by atoms with Crippen molar-refractivity contribution in [1.29, 1.82) is 0 Å². The van der Waals surface area contributed by atoms with Gasteiger partial charge in [0.15, 0.2) is 0 Å². The van der Waals surface area contributed by atoms with Crippen molar-refractivity contribution in [3.05, 3.63) is 29.6 Å². The van der Waals surface area contributed by atoms with Gasteiger partial charge in [0.2, 0.25) is 5.91 Å². The number of piperidine rings is 1. The molecular weight excluding hydrogens is 238 g/mol. The smallest absolute Gasteiger partial charge is 0.239 e. The molecule has 19 heavy (non-hydrogen) atoms. The lowest BCUT2D eigenvalue weighted by atomic mass is 10.1. The predicted molar refractivity (Wildman–Crippen MR) is 75.7 cm³/mol. The first-order valence-electron chi connectivity index (χ1n) is 7.10. The number of hydrogen-bond donors (Lipinski definition) is 1. The molecule has 4 nitrogen and oxygen atoms in total. The van der Waals surface area contributed by atoms with E-state index in [1.807, 2.05) is 37.1 Å². The standard InChI is InChI=1S/C15H23N3O/c1-12-6-7-14(10-16-12)11-17-13(2)15(19)18-8-4-3-5-9-18/h6-7,10,13,17H,3-5,8-9,11H2,1-2H3. The predicted octanol–water partition coefficient (Wildman–Crippen LogP) is 1.88. The van der Waals surface area contributed by atoms with E-state index in [9.17, 15) is 4.79 Å². The zero-order chi connectivity index (χ0) is 13.7. The van der Waals surface area contributed by atoms with Gasteiger partial charge in [-0.3, -0.25) is 9.78 Å². The van der Waals surface area contributed by atoms with Crippen LogP contribution in [0.4, 0.5) is 0 Å². The Bertz CT molecular complexity index is 410. The summed E-state index contributed by atoms with van der Waals surface area (Å²) >= 11 is 0. The molecule has 0 radical (unpaired) electrons. The maximum atomic E-state index is 12.2. The van der Waals surface area contributed by atoms with Crippen molar-refractivity contribution in [2.45, 2.75) is 45.7 Å². The number of carbonyl (C=O) groups excluding carboxylic acids is 1. The molecule has 1 aromatic heterocycles. The molecule has 2 heterocycles. The van der Waals surface area contributed by atoms with Crippen LogP contribution in [0.15, 0.2) is 18.3 Å². The first-order valence-corrected chi connectivity index (χ1v) is 7.10. The highest BCUT2D eigenvalue weighted by molar-refractivity contribution is 5.81. The van der Waals surface area contributed by atoms with Crippen LogP contribution in [0, 0.1) is 6.92 Å². The number of amides is 1. The van der Waals surface area contributed by atoms with Gasteiger partial charge >= 0.3 is 0 Å². The van der Waals surface area contributed by atoms with Crippen LogP contribution in [0.5, 0.6) is 0 Å². The van der Waals surface area contributed by atoms with Gasteiger partial charge in [-0.25, -0.2) is 0 Å². The second kappa shape index (κ2) is 6.66. The molecule has 1 atom stereocenters. The average Bonchev–Trinajstić information content (AvgIpc) is 2.46. The number of pyridine rings is 1. The zero-order valence-corrected chi connectivity index (χ0v) is 11.9. The fraction of sp³-hybridized carbons (Fsp3) is 0.600. The molecule has 2 rings (SSSR count). The van der Waals surface area contributed by atoms with E-state index >= 15 is 0 Å². The van der Waals surface area contributed by atoms with Crippen molar-refractivity contribution >= 4 is 5.91 Å². The molecule has 0 saturated carbocycles. The third-order valence-electron chi connectivity index (χ3n) is 3.62. The Morgan fingerprint density at radius 1 is 1.37 bits per heavy atom. The fourth-order valence-corrected chi connectivity index (χ4v) is 2.35. The Balaban J connectivity index is 1.81. The molecule has 1 unspecified atom stereocenters. The molecule has 1 aliphatic heterocycles. The van der Waals surface area contributed by atoms with Crippen LogP contribution in [0.25, 0.3) is 0 Å². The van der Waals surface area contributed by atoms with Crippen LogP contribution in [-0.4, -0.2) is 34.9 Å². The third kappa shape index (κ3) is 4.03. The lowest BCUT2D eigenvalue weighted by molar-refractivity contribution is -0.133. The van der Waals surface area contributed by atoms with Crippen LogP contribution >= 0.6 is 0 Å². The summed E-state index contributed by atoms with van der Waals surface area (Å²) in [5, 5.41) is 3.28. The molecule has 1 aromatic rings. The molecule has 104 valence electrons. The Morgan fingerprint density at radius 3 is 2.74 bits per heavy atom. The number of carbonyl (C=O) groups is 1. The van der Waals surface area contributed by atoms with E-state index in [1.165, 1.54) is 6.42 Å². The molecule has 1 saturated heterocycles. The lowest BCUT2D eigenvalue weighted by Crippen LogP contribution is -2.46. The minimum absolute atomic E-state index is 0.126. The number of nitrogens with one attached hydrogen (secondary N) is 1. The SMILES string of the molecule is Cc1ccc(CNC(C)C(=O)N2CCCCC2)cn1. The van der Waals surface area contributed by atoms with E-state index in [0.29, 0.717) is 6.54 Å². The first-order chi connectivity index (χ1) is 9.16. The molecule has 1 fully saturated rings. The summed E-state index contributed by atoms with van der Waals surface area (Å²) in [5.74, 6) is 0.222. The molecule has 1 N–H and O–H groups in total. The van der Waals surface area contributed by atoms with Crippen molar-refractivity contribution < 1.29 is 4.79 Å². The average molecular weight is 261 g/mol. The Kier molecular flexibility index (Phi) is 4.91. The van der Waals surface area contributed by atoms with E-state index in [4.69, 9.17) is 0 Å². The van der Waals surface area contributed by atoms with Crippen molar-refractivity contribution in [1.82, 2.24) is 15.2 Å². The van der Waals surface area contributed by atoms with Gasteiger partial charge in [-0.2, -0.15) is 0 Å². The highest BCUT2D eigenvalue weighted by Gasteiger charge is 2.21. The van der Waals surface area contributed by atoms with Gasteiger partial charge in [0.05, 0.1) is 6.04 Å². The number of nitrogens with zero attached hydrogens (tertiary/aromatic N) is 2.